The van der Waals surface area contributed by atoms with Gasteiger partial charge in [0.2, 0.25) is 0 Å². The second-order valence-electron chi connectivity index (χ2n) is 8.00. The van der Waals surface area contributed by atoms with Crippen LogP contribution < -0.4 is 21.5 Å². The first-order valence-electron chi connectivity index (χ1n) is 10.7. The number of benzene rings is 2. The normalized spacial score (nSPS) is 14.6. The van der Waals surface area contributed by atoms with Crippen LogP contribution >= 0.6 is 0 Å². The largest absolute Gasteiger partial charge is 0.398 e. The molecule has 1 saturated heterocycles. The molecule has 7 heteroatoms. The van der Waals surface area contributed by atoms with Crippen LogP contribution in [0.4, 0.5) is 22.9 Å². The number of likely N-dealkylation sites (N-methyl/N-ethyl adjacent to an activating group) is 1. The molecule has 4 rings (SSSR count). The maximum atomic E-state index is 12.7. The van der Waals surface area contributed by atoms with Gasteiger partial charge in [-0.1, -0.05) is 19.1 Å². The van der Waals surface area contributed by atoms with E-state index in [1.807, 2.05) is 37.3 Å². The standard InChI is InChI=1S/C24H30N6O/c1-4-29-12-14-30(15-13-29)19-10-8-18(9-11-19)26-23-24(31)28(3)16-22(27-23)20-6-5-7-21(25)17(20)2/h5-11,16H,4,12-15,25H2,1-3H3,(H,26,27). The molecule has 0 radical (unpaired) electrons. The van der Waals surface area contributed by atoms with Crippen LogP contribution in [0.3, 0.4) is 0 Å². The summed E-state index contributed by atoms with van der Waals surface area (Å²) in [4.78, 5) is 22.2. The van der Waals surface area contributed by atoms with Crippen LogP contribution in [0.1, 0.15) is 12.5 Å². The zero-order valence-corrected chi connectivity index (χ0v) is 18.4. The lowest BCUT2D eigenvalue weighted by molar-refractivity contribution is 0.271. The van der Waals surface area contributed by atoms with E-state index < -0.39 is 0 Å². The highest BCUT2D eigenvalue weighted by Crippen LogP contribution is 2.26. The van der Waals surface area contributed by atoms with E-state index in [0.717, 1.165) is 49.5 Å². The van der Waals surface area contributed by atoms with Gasteiger partial charge in [-0.05, 0) is 49.4 Å². The number of anilines is 4. The van der Waals surface area contributed by atoms with Gasteiger partial charge < -0.3 is 25.4 Å². The predicted molar refractivity (Wildman–Crippen MR) is 128 cm³/mol. The van der Waals surface area contributed by atoms with E-state index in [2.05, 4.69) is 39.2 Å². The highest BCUT2D eigenvalue weighted by Gasteiger charge is 2.16. The molecule has 0 bridgehead atoms. The lowest BCUT2D eigenvalue weighted by Crippen LogP contribution is -2.46. The van der Waals surface area contributed by atoms with Gasteiger partial charge in [0.25, 0.3) is 5.56 Å². The molecule has 1 aliphatic rings. The minimum Gasteiger partial charge on any atom is -0.398 e. The molecule has 162 valence electrons. The van der Waals surface area contributed by atoms with E-state index >= 15 is 0 Å². The van der Waals surface area contributed by atoms with Crippen LogP contribution in [0, 0.1) is 6.92 Å². The zero-order valence-electron chi connectivity index (χ0n) is 18.4. The van der Waals surface area contributed by atoms with Crippen molar-refractivity contribution in [2.45, 2.75) is 13.8 Å². The van der Waals surface area contributed by atoms with Gasteiger partial charge in [-0.3, -0.25) is 4.79 Å². The Morgan fingerprint density at radius 1 is 1.06 bits per heavy atom. The van der Waals surface area contributed by atoms with Crippen molar-refractivity contribution in [3.8, 4) is 11.3 Å². The van der Waals surface area contributed by atoms with Crippen LogP contribution in [-0.2, 0) is 7.05 Å². The molecule has 0 unspecified atom stereocenters. The molecule has 1 fully saturated rings. The summed E-state index contributed by atoms with van der Waals surface area (Å²) in [7, 11) is 1.74. The first kappa shape index (κ1) is 20.9. The molecule has 2 aromatic carbocycles. The summed E-state index contributed by atoms with van der Waals surface area (Å²) in [6.07, 6.45) is 1.74. The number of aromatic nitrogens is 2. The molecule has 0 saturated carbocycles. The minimum absolute atomic E-state index is 0.176. The maximum Gasteiger partial charge on any atom is 0.293 e. The van der Waals surface area contributed by atoms with Gasteiger partial charge >= 0.3 is 0 Å². The van der Waals surface area contributed by atoms with Gasteiger partial charge in [-0.25, -0.2) is 4.98 Å². The van der Waals surface area contributed by atoms with Crippen molar-refractivity contribution >= 4 is 22.9 Å². The number of piperazine rings is 1. The molecule has 0 atom stereocenters. The summed E-state index contributed by atoms with van der Waals surface area (Å²) in [5.41, 5.74) is 11.2. The molecule has 0 amide bonds. The quantitative estimate of drug-likeness (QED) is 0.620. The summed E-state index contributed by atoms with van der Waals surface area (Å²) in [5.74, 6) is 0.297. The lowest BCUT2D eigenvalue weighted by Gasteiger charge is -2.35. The third kappa shape index (κ3) is 4.41. The second kappa shape index (κ2) is 8.81. The molecule has 31 heavy (non-hydrogen) atoms. The van der Waals surface area contributed by atoms with Gasteiger partial charge in [0.05, 0.1) is 5.69 Å². The smallest absolute Gasteiger partial charge is 0.293 e. The lowest BCUT2D eigenvalue weighted by atomic mass is 10.0. The molecule has 2 heterocycles. The Bertz CT molecular complexity index is 1110. The Kier molecular flexibility index (Phi) is 5.95. The molecule has 3 N–H and O–H groups in total. The van der Waals surface area contributed by atoms with Crippen LogP contribution in [0.5, 0.6) is 0 Å². The third-order valence-electron chi connectivity index (χ3n) is 6.04. The maximum absolute atomic E-state index is 12.7. The van der Waals surface area contributed by atoms with Gasteiger partial charge in [0.1, 0.15) is 0 Å². The Hall–Kier alpha value is -3.32. The number of nitrogens with two attached hydrogens (primary N) is 1. The van der Waals surface area contributed by atoms with Gasteiger partial charge in [-0.2, -0.15) is 0 Å². The summed E-state index contributed by atoms with van der Waals surface area (Å²) in [6, 6.07) is 13.9. The number of rotatable bonds is 5. The Morgan fingerprint density at radius 3 is 2.45 bits per heavy atom. The van der Waals surface area contributed by atoms with Crippen LogP contribution in [0.2, 0.25) is 0 Å². The summed E-state index contributed by atoms with van der Waals surface area (Å²) < 4.78 is 1.55. The predicted octanol–water partition coefficient (Wildman–Crippen LogP) is 3.22. The van der Waals surface area contributed by atoms with E-state index in [-0.39, 0.29) is 5.56 Å². The summed E-state index contributed by atoms with van der Waals surface area (Å²) >= 11 is 0. The molecule has 1 aliphatic heterocycles. The fraction of sp³-hybridized carbons (Fsp3) is 0.333. The number of hydrogen-bond donors (Lipinski definition) is 2. The summed E-state index contributed by atoms with van der Waals surface area (Å²) in [6.45, 7) is 9.52. The number of nitrogen functional groups attached to an aromatic ring is 1. The Labute approximate surface area is 183 Å². The third-order valence-corrected chi connectivity index (χ3v) is 6.04. The number of aryl methyl sites for hydroxylation is 1. The van der Waals surface area contributed by atoms with Crippen molar-refractivity contribution in [2.75, 3.05) is 48.7 Å². The molecular weight excluding hydrogens is 388 g/mol. The second-order valence-corrected chi connectivity index (χ2v) is 8.00. The number of nitrogens with zero attached hydrogens (tertiary/aromatic N) is 4. The fourth-order valence-electron chi connectivity index (χ4n) is 3.96. The molecular formula is C24H30N6O. The van der Waals surface area contributed by atoms with Crippen molar-refractivity contribution in [1.29, 1.82) is 0 Å². The van der Waals surface area contributed by atoms with E-state index in [4.69, 9.17) is 5.73 Å². The van der Waals surface area contributed by atoms with Crippen molar-refractivity contribution in [3.05, 3.63) is 64.6 Å². The highest BCUT2D eigenvalue weighted by atomic mass is 16.1. The molecule has 3 aromatic rings. The zero-order chi connectivity index (χ0) is 22.0. The van der Waals surface area contributed by atoms with Crippen LogP contribution in [0.15, 0.2) is 53.5 Å². The van der Waals surface area contributed by atoms with Crippen molar-refractivity contribution in [3.63, 3.8) is 0 Å². The van der Waals surface area contributed by atoms with E-state index in [0.29, 0.717) is 17.2 Å². The molecule has 1 aromatic heterocycles. The average molecular weight is 419 g/mol. The Morgan fingerprint density at radius 2 is 1.77 bits per heavy atom. The first-order valence-corrected chi connectivity index (χ1v) is 10.7. The first-order chi connectivity index (χ1) is 15.0. The Balaban J connectivity index is 1.56. The summed E-state index contributed by atoms with van der Waals surface area (Å²) in [5, 5.41) is 3.20. The van der Waals surface area contributed by atoms with E-state index in [1.165, 1.54) is 5.69 Å². The fourth-order valence-corrected chi connectivity index (χ4v) is 3.96. The van der Waals surface area contributed by atoms with Crippen molar-refractivity contribution in [2.24, 2.45) is 7.05 Å². The van der Waals surface area contributed by atoms with E-state index in [1.54, 1.807) is 17.8 Å². The highest BCUT2D eigenvalue weighted by molar-refractivity contribution is 5.71. The van der Waals surface area contributed by atoms with Gasteiger partial charge in [-0.15, -0.1) is 0 Å². The van der Waals surface area contributed by atoms with Gasteiger partial charge in [0.15, 0.2) is 5.82 Å². The minimum atomic E-state index is -0.176. The molecule has 0 aliphatic carbocycles. The van der Waals surface area contributed by atoms with Crippen LogP contribution in [-0.4, -0.2) is 47.2 Å². The van der Waals surface area contributed by atoms with E-state index in [9.17, 15) is 4.79 Å². The van der Waals surface area contributed by atoms with Crippen molar-refractivity contribution in [1.82, 2.24) is 14.5 Å². The van der Waals surface area contributed by atoms with Crippen molar-refractivity contribution < 1.29 is 0 Å². The van der Waals surface area contributed by atoms with Crippen LogP contribution in [0.25, 0.3) is 11.3 Å². The number of nitrogens with one attached hydrogen (secondary N) is 1. The molecule has 7 nitrogen and oxygen atoms in total. The SMILES string of the molecule is CCN1CCN(c2ccc(Nc3nc(-c4cccc(N)c4C)cn(C)c3=O)cc2)CC1. The average Bonchev–Trinajstić information content (AvgIpc) is 2.79. The molecule has 0 spiro atoms. The van der Waals surface area contributed by atoms with Gasteiger partial charge in [0, 0.05) is 62.0 Å². The monoisotopic (exact) mass is 418 g/mol. The number of hydrogen-bond acceptors (Lipinski definition) is 6. The topological polar surface area (TPSA) is 79.4 Å².